The van der Waals surface area contributed by atoms with Gasteiger partial charge in [0.2, 0.25) is 0 Å². The monoisotopic (exact) mass is 873 g/mol. The Morgan fingerprint density at radius 3 is 1.35 bits per heavy atom. The highest BCUT2D eigenvalue weighted by molar-refractivity contribution is 5.72. The van der Waals surface area contributed by atoms with Crippen molar-refractivity contribution in [2.45, 2.75) is 238 Å². The molecule has 62 heavy (non-hydrogen) atoms. The average molecular weight is 873 g/mol. The molecule has 8 nitrogen and oxygen atoms in total. The van der Waals surface area contributed by atoms with Gasteiger partial charge in [-0.05, 0) is 70.6 Å². The molecular formula is C54H98NO7+. The first-order valence-corrected chi connectivity index (χ1v) is 25.7. The minimum atomic E-state index is -0.876. The number of hydrogen-bond donors (Lipinski definition) is 1. The van der Waals surface area contributed by atoms with E-state index in [1.165, 1.54) is 122 Å². The van der Waals surface area contributed by atoms with Crippen LogP contribution in [-0.2, 0) is 28.6 Å². The highest BCUT2D eigenvalue weighted by atomic mass is 16.6. The van der Waals surface area contributed by atoms with Crippen molar-refractivity contribution in [3.8, 4) is 0 Å². The Bertz CT molecular complexity index is 1150. The molecule has 0 aromatic rings. The minimum Gasteiger partial charge on any atom is -0.477 e. The number of carboxylic acid groups (broad SMARTS) is 1. The van der Waals surface area contributed by atoms with Crippen molar-refractivity contribution < 1.29 is 38.2 Å². The molecule has 0 bridgehead atoms. The largest absolute Gasteiger partial charge is 0.477 e. The maximum atomic E-state index is 12.8. The van der Waals surface area contributed by atoms with E-state index in [1.807, 2.05) is 21.1 Å². The van der Waals surface area contributed by atoms with Gasteiger partial charge in [-0.3, -0.25) is 9.59 Å². The number of unbranched alkanes of at least 4 members (excludes halogenated alkanes) is 24. The van der Waals surface area contributed by atoms with Gasteiger partial charge in [0.25, 0.3) is 0 Å². The van der Waals surface area contributed by atoms with Crippen LogP contribution in [0.1, 0.15) is 226 Å². The Labute approximate surface area is 382 Å². The van der Waals surface area contributed by atoms with E-state index in [1.54, 1.807) is 0 Å². The van der Waals surface area contributed by atoms with E-state index in [2.05, 4.69) is 62.5 Å². The van der Waals surface area contributed by atoms with Crippen LogP contribution in [0.2, 0.25) is 0 Å². The molecule has 0 saturated carbocycles. The van der Waals surface area contributed by atoms with Crippen LogP contribution in [0.15, 0.2) is 48.6 Å². The zero-order valence-electron chi connectivity index (χ0n) is 41.1. The highest BCUT2D eigenvalue weighted by Gasteiger charge is 2.31. The molecule has 0 spiro atoms. The molecule has 2 atom stereocenters. The summed E-state index contributed by atoms with van der Waals surface area (Å²) in [5.74, 6) is -1.48. The summed E-state index contributed by atoms with van der Waals surface area (Å²) in [7, 11) is 5.53. The highest BCUT2D eigenvalue weighted by Crippen LogP contribution is 2.15. The van der Waals surface area contributed by atoms with E-state index in [0.29, 0.717) is 19.3 Å². The van der Waals surface area contributed by atoms with Gasteiger partial charge in [0.15, 0.2) is 12.1 Å². The number of likely N-dealkylation sites (N-methyl/N-ethyl adjacent to an activating group) is 1. The molecule has 0 aliphatic rings. The zero-order valence-corrected chi connectivity index (χ0v) is 41.1. The summed E-state index contributed by atoms with van der Waals surface area (Å²) in [6.07, 6.45) is 54.4. The average Bonchev–Trinajstić information content (AvgIpc) is 3.23. The first-order valence-electron chi connectivity index (χ1n) is 25.7. The summed E-state index contributed by atoms with van der Waals surface area (Å²) in [6, 6.07) is -0.617. The summed E-state index contributed by atoms with van der Waals surface area (Å²) in [5, 5.41) is 9.65. The molecule has 0 aromatic carbocycles. The second-order valence-electron chi connectivity index (χ2n) is 18.4. The van der Waals surface area contributed by atoms with Gasteiger partial charge >= 0.3 is 17.9 Å². The first-order chi connectivity index (χ1) is 30.1. The third-order valence-electron chi connectivity index (χ3n) is 11.5. The quantitative estimate of drug-likeness (QED) is 0.0281. The van der Waals surface area contributed by atoms with Gasteiger partial charge in [0.05, 0.1) is 34.4 Å². The molecule has 0 heterocycles. The number of ether oxygens (including phenoxy) is 3. The van der Waals surface area contributed by atoms with Crippen LogP contribution in [0.25, 0.3) is 0 Å². The molecule has 2 unspecified atom stereocenters. The summed E-state index contributed by atoms with van der Waals surface area (Å²) in [5.41, 5.74) is 0. The smallest absolute Gasteiger partial charge is 0.362 e. The van der Waals surface area contributed by atoms with Crippen LogP contribution in [0.5, 0.6) is 0 Å². The van der Waals surface area contributed by atoms with Gasteiger partial charge in [-0.15, -0.1) is 0 Å². The molecular weight excluding hydrogens is 775 g/mol. The number of carbonyl (C=O) groups is 3. The van der Waals surface area contributed by atoms with Crippen LogP contribution >= 0.6 is 0 Å². The Kier molecular flexibility index (Phi) is 42.9. The molecule has 8 heteroatoms. The lowest BCUT2D eigenvalue weighted by Crippen LogP contribution is -2.50. The van der Waals surface area contributed by atoms with Crippen molar-refractivity contribution in [2.24, 2.45) is 0 Å². The fraction of sp³-hybridized carbons (Fsp3) is 0.796. The summed E-state index contributed by atoms with van der Waals surface area (Å²) < 4.78 is 17.4. The second-order valence-corrected chi connectivity index (χ2v) is 18.4. The van der Waals surface area contributed by atoms with E-state index in [4.69, 9.17) is 14.2 Å². The van der Waals surface area contributed by atoms with Gasteiger partial charge in [0, 0.05) is 19.3 Å². The zero-order chi connectivity index (χ0) is 45.6. The fourth-order valence-corrected chi connectivity index (χ4v) is 7.51. The normalized spacial score (nSPS) is 13.2. The molecule has 1 N–H and O–H groups in total. The van der Waals surface area contributed by atoms with Crippen molar-refractivity contribution in [1.29, 1.82) is 0 Å². The van der Waals surface area contributed by atoms with Crippen LogP contribution < -0.4 is 0 Å². The third-order valence-corrected chi connectivity index (χ3v) is 11.5. The maximum Gasteiger partial charge on any atom is 0.362 e. The lowest BCUT2D eigenvalue weighted by molar-refractivity contribution is -0.887. The number of rotatable bonds is 46. The molecule has 0 aliphatic carbocycles. The van der Waals surface area contributed by atoms with Crippen molar-refractivity contribution in [1.82, 2.24) is 0 Å². The fourth-order valence-electron chi connectivity index (χ4n) is 7.51. The van der Waals surface area contributed by atoms with E-state index in [-0.39, 0.29) is 36.2 Å². The van der Waals surface area contributed by atoms with Crippen molar-refractivity contribution in [2.75, 3.05) is 41.0 Å². The van der Waals surface area contributed by atoms with Gasteiger partial charge in [-0.1, -0.05) is 184 Å². The first kappa shape index (κ1) is 59.3. The lowest BCUT2D eigenvalue weighted by Gasteiger charge is -2.31. The molecule has 0 aliphatic heterocycles. The molecule has 0 amide bonds. The number of allylic oxidation sites excluding steroid dienone is 8. The summed E-state index contributed by atoms with van der Waals surface area (Å²) in [6.45, 7) is 4.64. The van der Waals surface area contributed by atoms with Crippen LogP contribution in [0, 0.1) is 0 Å². The van der Waals surface area contributed by atoms with E-state index in [9.17, 15) is 19.5 Å². The summed E-state index contributed by atoms with van der Waals surface area (Å²) >= 11 is 0. The number of hydrogen-bond acceptors (Lipinski definition) is 6. The van der Waals surface area contributed by atoms with E-state index < -0.39 is 18.1 Å². The predicted molar refractivity (Wildman–Crippen MR) is 261 cm³/mol. The molecule has 360 valence electrons. The Morgan fingerprint density at radius 1 is 0.500 bits per heavy atom. The molecule has 0 radical (unpaired) electrons. The maximum absolute atomic E-state index is 12.8. The molecule has 0 aromatic heterocycles. The Morgan fingerprint density at radius 2 is 0.903 bits per heavy atom. The number of carbonyl (C=O) groups excluding carboxylic acids is 2. The second kappa shape index (κ2) is 44.9. The van der Waals surface area contributed by atoms with Gasteiger partial charge < -0.3 is 23.8 Å². The van der Waals surface area contributed by atoms with Crippen LogP contribution in [-0.4, -0.2) is 80.6 Å². The molecule has 0 rings (SSSR count). The van der Waals surface area contributed by atoms with Crippen LogP contribution in [0.3, 0.4) is 0 Å². The molecule has 0 saturated heterocycles. The lowest BCUT2D eigenvalue weighted by atomic mass is 10.1. The number of carboxylic acids is 1. The Balaban J connectivity index is 4.25. The third kappa shape index (κ3) is 42.6. The topological polar surface area (TPSA) is 99.1 Å². The number of quaternary nitrogens is 1. The van der Waals surface area contributed by atoms with Crippen LogP contribution in [0.4, 0.5) is 0 Å². The van der Waals surface area contributed by atoms with Crippen molar-refractivity contribution in [3.05, 3.63) is 48.6 Å². The van der Waals surface area contributed by atoms with Crippen molar-refractivity contribution >= 4 is 17.9 Å². The van der Waals surface area contributed by atoms with E-state index >= 15 is 0 Å². The van der Waals surface area contributed by atoms with Gasteiger partial charge in [-0.25, -0.2) is 4.79 Å². The Hall–Kier alpha value is -2.71. The predicted octanol–water partition coefficient (Wildman–Crippen LogP) is 14.8. The SMILES string of the molecule is CC/C=C/C/C=C/C/C=C/CCCCCCCCCCCCC(=O)OCC(COCCC(C(=O)O)[N+](C)(C)C)OC(=O)CCCCCCC/C=C/CCCCCCCCCCC. The minimum absolute atomic E-state index is 0.0558. The van der Waals surface area contributed by atoms with Gasteiger partial charge in [0.1, 0.15) is 6.61 Å². The summed E-state index contributed by atoms with van der Waals surface area (Å²) in [4.78, 5) is 37.2. The molecule has 0 fully saturated rings. The van der Waals surface area contributed by atoms with E-state index in [0.717, 1.165) is 70.6 Å². The number of esters is 2. The van der Waals surface area contributed by atoms with Gasteiger partial charge in [-0.2, -0.15) is 0 Å². The standard InChI is InChI=1S/C54H97NO7/c1-6-8-10-12-14-16-18-20-22-24-26-27-29-30-32-34-36-38-40-42-44-52(56)61-49-50(48-60-47-46-51(54(58)59)55(3,4)5)62-53(57)45-43-41-39-37-35-33-31-28-25-23-21-19-17-15-13-11-9-7-2/h8,10,14,16,20,22,28,31,50-51H,6-7,9,11-13,15,17-19,21,23-27,29-30,32-49H2,1-5H3/p+1/b10-8+,16-14+,22-20+,31-28+. The number of nitrogens with zero attached hydrogens (tertiary/aromatic N) is 1. The number of aliphatic carboxylic acids is 1. The van der Waals surface area contributed by atoms with Crippen molar-refractivity contribution in [3.63, 3.8) is 0 Å².